The van der Waals surface area contributed by atoms with Crippen LogP contribution in [0.3, 0.4) is 0 Å². The van der Waals surface area contributed by atoms with Gasteiger partial charge in [0.15, 0.2) is 5.13 Å². The summed E-state index contributed by atoms with van der Waals surface area (Å²) in [5.74, 6) is 1.55. The van der Waals surface area contributed by atoms with Gasteiger partial charge in [-0.1, -0.05) is 12.1 Å². The number of hydrogen-bond acceptors (Lipinski definition) is 6. The lowest BCUT2D eigenvalue weighted by Gasteiger charge is -2.03. The zero-order valence-electron chi connectivity index (χ0n) is 12.7. The molecule has 23 heavy (non-hydrogen) atoms. The van der Waals surface area contributed by atoms with Crippen molar-refractivity contribution in [1.82, 2.24) is 9.97 Å². The molecule has 1 amide bonds. The van der Waals surface area contributed by atoms with Crippen LogP contribution in [0.5, 0.6) is 5.75 Å². The Labute approximate surface area is 137 Å². The van der Waals surface area contributed by atoms with Crippen LogP contribution in [0.25, 0.3) is 11.5 Å². The van der Waals surface area contributed by atoms with Gasteiger partial charge in [-0.15, -0.1) is 11.3 Å². The molecular weight excluding hydrogens is 314 g/mol. The summed E-state index contributed by atoms with van der Waals surface area (Å²) in [6.07, 6.45) is 1.77. The Kier molecular flexibility index (Phi) is 4.38. The van der Waals surface area contributed by atoms with E-state index >= 15 is 0 Å². The molecule has 3 aromatic rings. The second-order valence-corrected chi connectivity index (χ2v) is 5.68. The molecule has 0 spiro atoms. The first-order chi connectivity index (χ1) is 11.2. The third-order valence-electron chi connectivity index (χ3n) is 3.24. The van der Waals surface area contributed by atoms with Crippen LogP contribution >= 0.6 is 11.3 Å². The Hall–Kier alpha value is -2.67. The van der Waals surface area contributed by atoms with E-state index in [1.165, 1.54) is 11.3 Å². The number of hydrogen-bond donors (Lipinski definition) is 1. The number of ether oxygens (including phenoxy) is 1. The molecule has 0 saturated carbocycles. The molecule has 1 N–H and O–H groups in total. The van der Waals surface area contributed by atoms with E-state index in [1.807, 2.05) is 24.3 Å². The third kappa shape index (κ3) is 3.40. The van der Waals surface area contributed by atoms with Gasteiger partial charge >= 0.3 is 0 Å². The predicted molar refractivity (Wildman–Crippen MR) is 87.7 cm³/mol. The highest BCUT2D eigenvalue weighted by molar-refractivity contribution is 7.13. The van der Waals surface area contributed by atoms with Crippen LogP contribution in [0.2, 0.25) is 0 Å². The zero-order valence-corrected chi connectivity index (χ0v) is 13.5. The molecule has 0 atom stereocenters. The number of benzene rings is 1. The van der Waals surface area contributed by atoms with Crippen LogP contribution in [0.15, 0.2) is 40.3 Å². The van der Waals surface area contributed by atoms with E-state index in [0.29, 0.717) is 28.2 Å². The maximum absolute atomic E-state index is 12.1. The van der Waals surface area contributed by atoms with E-state index in [-0.39, 0.29) is 12.3 Å². The van der Waals surface area contributed by atoms with Crippen molar-refractivity contribution in [2.45, 2.75) is 13.3 Å². The van der Waals surface area contributed by atoms with E-state index in [0.717, 1.165) is 5.56 Å². The number of aryl methyl sites for hydroxylation is 1. The van der Waals surface area contributed by atoms with Gasteiger partial charge in [0, 0.05) is 11.6 Å². The van der Waals surface area contributed by atoms with Gasteiger partial charge in [0.2, 0.25) is 11.8 Å². The molecule has 118 valence electrons. The lowest BCUT2D eigenvalue weighted by atomic mass is 10.2. The summed E-state index contributed by atoms with van der Waals surface area (Å²) < 4.78 is 11.0. The first kappa shape index (κ1) is 15.2. The fraction of sp³-hybridized carbons (Fsp3) is 0.188. The van der Waals surface area contributed by atoms with Crippen molar-refractivity contribution in [1.29, 1.82) is 0 Å². The first-order valence-corrected chi connectivity index (χ1v) is 7.84. The summed E-state index contributed by atoms with van der Waals surface area (Å²) >= 11 is 1.37. The number of amides is 1. The van der Waals surface area contributed by atoms with Crippen LogP contribution in [0.4, 0.5) is 5.13 Å². The van der Waals surface area contributed by atoms with Gasteiger partial charge < -0.3 is 14.5 Å². The van der Waals surface area contributed by atoms with Crippen molar-refractivity contribution in [2.75, 3.05) is 12.4 Å². The van der Waals surface area contributed by atoms with Crippen LogP contribution < -0.4 is 10.1 Å². The van der Waals surface area contributed by atoms with E-state index < -0.39 is 0 Å². The van der Waals surface area contributed by atoms with Crippen molar-refractivity contribution in [3.8, 4) is 17.2 Å². The first-order valence-electron chi connectivity index (χ1n) is 6.96. The third-order valence-corrected chi connectivity index (χ3v) is 3.93. The minimum absolute atomic E-state index is 0.129. The predicted octanol–water partition coefficient (Wildman–Crippen LogP) is 3.30. The summed E-state index contributed by atoms with van der Waals surface area (Å²) in [4.78, 5) is 20.5. The van der Waals surface area contributed by atoms with Gasteiger partial charge in [-0.05, 0) is 19.1 Å². The Morgan fingerprint density at radius 2 is 2.22 bits per heavy atom. The molecule has 3 rings (SSSR count). The molecule has 0 fully saturated rings. The number of aromatic nitrogens is 2. The number of nitrogens with zero attached hydrogens (tertiary/aromatic N) is 2. The van der Waals surface area contributed by atoms with Gasteiger partial charge in [0.25, 0.3) is 0 Å². The van der Waals surface area contributed by atoms with Gasteiger partial charge in [0.05, 0.1) is 24.8 Å². The largest absolute Gasteiger partial charge is 0.496 e. The number of para-hydroxylation sites is 1. The summed E-state index contributed by atoms with van der Waals surface area (Å²) in [5.41, 5.74) is 1.35. The van der Waals surface area contributed by atoms with E-state index in [1.54, 1.807) is 25.6 Å². The molecule has 0 unspecified atom stereocenters. The van der Waals surface area contributed by atoms with Crippen LogP contribution in [-0.2, 0) is 11.2 Å². The number of oxazole rings is 1. The summed E-state index contributed by atoms with van der Waals surface area (Å²) in [6.45, 7) is 1.79. The molecule has 0 saturated heterocycles. The number of methoxy groups -OCH3 is 1. The SMILES string of the molecule is COc1ccccc1-c1nc(CC(=O)Nc2nccs2)c(C)o1. The fourth-order valence-corrected chi connectivity index (χ4v) is 2.67. The number of carbonyl (C=O) groups is 1. The zero-order chi connectivity index (χ0) is 16.2. The highest BCUT2D eigenvalue weighted by Gasteiger charge is 2.17. The highest BCUT2D eigenvalue weighted by Crippen LogP contribution is 2.30. The topological polar surface area (TPSA) is 77.2 Å². The molecule has 2 heterocycles. The number of thiazole rings is 1. The molecule has 7 heteroatoms. The Morgan fingerprint density at radius 3 is 2.96 bits per heavy atom. The van der Waals surface area contributed by atoms with Crippen molar-refractivity contribution in [3.05, 3.63) is 47.3 Å². The van der Waals surface area contributed by atoms with Crippen molar-refractivity contribution >= 4 is 22.4 Å². The lowest BCUT2D eigenvalue weighted by molar-refractivity contribution is -0.115. The molecule has 0 bridgehead atoms. The maximum Gasteiger partial charge on any atom is 0.232 e. The second kappa shape index (κ2) is 6.62. The lowest BCUT2D eigenvalue weighted by Crippen LogP contribution is -2.14. The van der Waals surface area contributed by atoms with Crippen LogP contribution in [-0.4, -0.2) is 23.0 Å². The molecular formula is C16H15N3O3S. The van der Waals surface area contributed by atoms with Gasteiger partial charge in [-0.3, -0.25) is 4.79 Å². The Morgan fingerprint density at radius 1 is 1.39 bits per heavy atom. The highest BCUT2D eigenvalue weighted by atomic mass is 32.1. The van der Waals surface area contributed by atoms with Crippen molar-refractivity contribution < 1.29 is 13.9 Å². The van der Waals surface area contributed by atoms with Crippen LogP contribution in [0, 0.1) is 6.92 Å². The molecule has 1 aromatic carbocycles. The summed E-state index contributed by atoms with van der Waals surface area (Å²) in [7, 11) is 1.59. The fourth-order valence-electron chi connectivity index (χ4n) is 2.13. The van der Waals surface area contributed by atoms with E-state index in [9.17, 15) is 4.79 Å². The standard InChI is InChI=1S/C16H15N3O3S/c1-10-12(9-14(20)19-16-17-7-8-23-16)18-15(22-10)11-5-3-4-6-13(11)21-2/h3-8H,9H2,1-2H3,(H,17,19,20). The smallest absolute Gasteiger partial charge is 0.232 e. The van der Waals surface area contributed by atoms with Crippen LogP contribution in [0.1, 0.15) is 11.5 Å². The van der Waals surface area contributed by atoms with E-state index in [4.69, 9.17) is 9.15 Å². The Bertz CT molecular complexity index is 812. The number of carbonyl (C=O) groups excluding carboxylic acids is 1. The van der Waals surface area contributed by atoms with Gasteiger partial charge in [0.1, 0.15) is 11.5 Å². The number of nitrogens with one attached hydrogen (secondary N) is 1. The average Bonchev–Trinajstić information content (AvgIpc) is 3.18. The molecule has 0 aliphatic rings. The summed E-state index contributed by atoms with van der Waals surface area (Å²) in [6, 6.07) is 7.46. The molecule has 6 nitrogen and oxygen atoms in total. The number of anilines is 1. The molecule has 0 aliphatic heterocycles. The average molecular weight is 329 g/mol. The number of rotatable bonds is 5. The maximum atomic E-state index is 12.1. The normalized spacial score (nSPS) is 10.5. The minimum atomic E-state index is -0.178. The van der Waals surface area contributed by atoms with Gasteiger partial charge in [-0.2, -0.15) is 0 Å². The quantitative estimate of drug-likeness (QED) is 0.777. The monoisotopic (exact) mass is 329 g/mol. The molecule has 0 radical (unpaired) electrons. The van der Waals surface area contributed by atoms with E-state index in [2.05, 4.69) is 15.3 Å². The van der Waals surface area contributed by atoms with Crippen molar-refractivity contribution in [2.24, 2.45) is 0 Å². The summed E-state index contributed by atoms with van der Waals surface area (Å²) in [5, 5.41) is 5.10. The Balaban J connectivity index is 1.79. The minimum Gasteiger partial charge on any atom is -0.496 e. The molecule has 2 aromatic heterocycles. The van der Waals surface area contributed by atoms with Crippen molar-refractivity contribution in [3.63, 3.8) is 0 Å². The second-order valence-electron chi connectivity index (χ2n) is 4.78. The van der Waals surface area contributed by atoms with Gasteiger partial charge in [-0.25, -0.2) is 9.97 Å². The molecule has 0 aliphatic carbocycles.